The Kier molecular flexibility index (Phi) is 5.05. The van der Waals surface area contributed by atoms with Crippen molar-refractivity contribution in [2.24, 2.45) is 0 Å². The highest BCUT2D eigenvalue weighted by molar-refractivity contribution is 7.93. The molecule has 0 spiro atoms. The Labute approximate surface area is 158 Å². The molecule has 0 saturated heterocycles. The Hall–Kier alpha value is -3.06. The number of carboxylic acid groups (broad SMARTS) is 1. The Morgan fingerprint density at radius 1 is 0.963 bits per heavy atom. The van der Waals surface area contributed by atoms with Crippen LogP contribution in [0, 0.1) is 0 Å². The molecule has 3 rings (SSSR count). The number of benzene rings is 3. The molecule has 0 heterocycles. The normalized spacial score (nSPS) is 11.3. The molecule has 0 bridgehead atoms. The molecule has 0 saturated carbocycles. The van der Waals surface area contributed by atoms with Gasteiger partial charge in [-0.05, 0) is 29.8 Å². The highest BCUT2D eigenvalue weighted by atomic mass is 32.2. The van der Waals surface area contributed by atoms with Gasteiger partial charge >= 0.3 is 5.97 Å². The number of nitrogens with zero attached hydrogens (tertiary/aromatic N) is 1. The molecule has 0 radical (unpaired) electrons. The molecule has 0 unspecified atom stereocenters. The Morgan fingerprint density at radius 2 is 1.59 bits per heavy atom. The number of sulfonamides is 1. The summed E-state index contributed by atoms with van der Waals surface area (Å²) in [6.07, 6.45) is -0.107. The summed E-state index contributed by atoms with van der Waals surface area (Å²) in [4.78, 5) is 12.9. The Morgan fingerprint density at radius 3 is 2.22 bits per heavy atom. The van der Waals surface area contributed by atoms with Crippen LogP contribution in [-0.2, 0) is 21.2 Å². The summed E-state index contributed by atoms with van der Waals surface area (Å²) in [7, 11) is 0.0161. The van der Waals surface area contributed by atoms with E-state index in [1.54, 1.807) is 42.5 Å². The summed E-state index contributed by atoms with van der Waals surface area (Å²) in [5.41, 5.74) is 1.92. The van der Waals surface area contributed by atoms with Crippen molar-refractivity contribution >= 4 is 38.1 Å². The van der Waals surface area contributed by atoms with E-state index in [9.17, 15) is 13.2 Å². The van der Waals surface area contributed by atoms with Crippen LogP contribution in [0.25, 0.3) is 10.8 Å². The molecule has 3 aromatic carbocycles. The summed E-state index contributed by atoms with van der Waals surface area (Å²) in [6, 6.07) is 17.1. The first kappa shape index (κ1) is 18.7. The zero-order valence-corrected chi connectivity index (χ0v) is 15.8. The smallest absolute Gasteiger partial charge is 0.307 e. The van der Waals surface area contributed by atoms with Crippen LogP contribution < -0.4 is 9.62 Å². The lowest BCUT2D eigenvalue weighted by Crippen LogP contribution is -2.14. The van der Waals surface area contributed by atoms with Gasteiger partial charge in [0.25, 0.3) is 10.0 Å². The lowest BCUT2D eigenvalue weighted by molar-refractivity contribution is -0.136. The zero-order valence-electron chi connectivity index (χ0n) is 15.0. The fourth-order valence-electron chi connectivity index (χ4n) is 2.96. The van der Waals surface area contributed by atoms with Gasteiger partial charge < -0.3 is 10.0 Å². The number of hydrogen-bond acceptors (Lipinski definition) is 4. The van der Waals surface area contributed by atoms with Crippen molar-refractivity contribution < 1.29 is 18.3 Å². The average molecular weight is 384 g/mol. The Bertz CT molecular complexity index is 1090. The van der Waals surface area contributed by atoms with Crippen LogP contribution in [0.3, 0.4) is 0 Å². The molecular formula is C20H20N2O4S. The number of fused-ring (bicyclic) bond motifs is 1. The monoisotopic (exact) mass is 384 g/mol. The quantitative estimate of drug-likeness (QED) is 0.681. The fourth-order valence-corrected chi connectivity index (χ4v) is 4.25. The van der Waals surface area contributed by atoms with E-state index in [1.807, 2.05) is 37.2 Å². The topological polar surface area (TPSA) is 86.7 Å². The van der Waals surface area contributed by atoms with Crippen LogP contribution in [0.15, 0.2) is 65.6 Å². The Balaban J connectivity index is 1.98. The minimum Gasteiger partial charge on any atom is -0.481 e. The van der Waals surface area contributed by atoms with Crippen LogP contribution in [0.5, 0.6) is 0 Å². The van der Waals surface area contributed by atoms with E-state index in [4.69, 9.17) is 5.11 Å². The molecule has 0 fully saturated rings. The minimum absolute atomic E-state index is 0.107. The van der Waals surface area contributed by atoms with Gasteiger partial charge in [0, 0.05) is 36.2 Å². The van der Waals surface area contributed by atoms with E-state index < -0.39 is 16.0 Å². The van der Waals surface area contributed by atoms with E-state index in [0.29, 0.717) is 16.6 Å². The zero-order chi connectivity index (χ0) is 19.6. The summed E-state index contributed by atoms with van der Waals surface area (Å²) in [6.45, 7) is 0. The molecule has 6 nitrogen and oxygen atoms in total. The molecule has 0 aliphatic rings. The van der Waals surface area contributed by atoms with Crippen LogP contribution in [0.1, 0.15) is 5.56 Å². The van der Waals surface area contributed by atoms with Crippen molar-refractivity contribution in [1.29, 1.82) is 0 Å². The number of nitrogens with one attached hydrogen (secondary N) is 1. The summed E-state index contributed by atoms with van der Waals surface area (Å²) < 4.78 is 28.4. The highest BCUT2D eigenvalue weighted by Crippen LogP contribution is 2.31. The first-order valence-electron chi connectivity index (χ1n) is 8.30. The van der Waals surface area contributed by atoms with Crippen molar-refractivity contribution in [2.75, 3.05) is 23.7 Å². The van der Waals surface area contributed by atoms with Gasteiger partial charge in [-0.25, -0.2) is 8.42 Å². The SMILES string of the molecule is CN(C)c1cccc2c(S(=O)(=O)Nc3ccc(CC(=O)O)cc3)cccc12. The van der Waals surface area contributed by atoms with E-state index in [2.05, 4.69) is 4.72 Å². The van der Waals surface area contributed by atoms with Crippen molar-refractivity contribution in [1.82, 2.24) is 0 Å². The van der Waals surface area contributed by atoms with Crippen LogP contribution in [0.4, 0.5) is 11.4 Å². The number of hydrogen-bond donors (Lipinski definition) is 2. The third-order valence-corrected chi connectivity index (χ3v) is 5.63. The number of aliphatic carboxylic acids is 1. The number of anilines is 2. The second-order valence-electron chi connectivity index (χ2n) is 6.40. The van der Waals surface area contributed by atoms with Crippen LogP contribution >= 0.6 is 0 Å². The fraction of sp³-hybridized carbons (Fsp3) is 0.150. The predicted molar refractivity (Wildman–Crippen MR) is 107 cm³/mol. The summed E-state index contributed by atoms with van der Waals surface area (Å²) in [5, 5.41) is 10.3. The standard InChI is InChI=1S/C20H20N2O4S/c1-22(2)18-7-3-6-17-16(18)5-4-8-19(17)27(25,26)21-15-11-9-14(10-12-15)13-20(23)24/h3-12,21H,13H2,1-2H3,(H,23,24). The first-order chi connectivity index (χ1) is 12.8. The van der Waals surface area contributed by atoms with Gasteiger partial charge in [-0.15, -0.1) is 0 Å². The largest absolute Gasteiger partial charge is 0.481 e. The lowest BCUT2D eigenvalue weighted by atomic mass is 10.1. The molecule has 0 aromatic heterocycles. The lowest BCUT2D eigenvalue weighted by Gasteiger charge is -2.17. The van der Waals surface area contributed by atoms with E-state index >= 15 is 0 Å². The second kappa shape index (κ2) is 7.28. The molecule has 0 atom stereocenters. The number of carbonyl (C=O) groups is 1. The predicted octanol–water partition coefficient (Wildman–Crippen LogP) is 3.33. The van der Waals surface area contributed by atoms with Gasteiger partial charge in [0.05, 0.1) is 11.3 Å². The maximum Gasteiger partial charge on any atom is 0.307 e. The van der Waals surface area contributed by atoms with E-state index in [1.165, 1.54) is 0 Å². The molecule has 27 heavy (non-hydrogen) atoms. The summed E-state index contributed by atoms with van der Waals surface area (Å²) in [5.74, 6) is -0.934. The highest BCUT2D eigenvalue weighted by Gasteiger charge is 2.18. The van der Waals surface area contributed by atoms with E-state index in [0.717, 1.165) is 11.1 Å². The van der Waals surface area contributed by atoms with Crippen molar-refractivity contribution in [3.63, 3.8) is 0 Å². The molecule has 7 heteroatoms. The molecule has 140 valence electrons. The molecule has 0 amide bonds. The molecule has 2 N–H and O–H groups in total. The number of carboxylic acids is 1. The van der Waals surface area contributed by atoms with Gasteiger partial charge in [-0.3, -0.25) is 9.52 Å². The third kappa shape index (κ3) is 4.03. The molecule has 3 aromatic rings. The van der Waals surface area contributed by atoms with Gasteiger partial charge in [-0.1, -0.05) is 36.4 Å². The van der Waals surface area contributed by atoms with Gasteiger partial charge in [0.15, 0.2) is 0 Å². The van der Waals surface area contributed by atoms with Crippen molar-refractivity contribution in [3.05, 3.63) is 66.2 Å². The maximum absolute atomic E-state index is 12.9. The van der Waals surface area contributed by atoms with E-state index in [-0.39, 0.29) is 11.3 Å². The summed E-state index contributed by atoms with van der Waals surface area (Å²) >= 11 is 0. The first-order valence-corrected chi connectivity index (χ1v) is 9.79. The number of rotatable bonds is 6. The van der Waals surface area contributed by atoms with Crippen LogP contribution in [-0.4, -0.2) is 33.6 Å². The molecular weight excluding hydrogens is 364 g/mol. The van der Waals surface area contributed by atoms with Crippen molar-refractivity contribution in [3.8, 4) is 0 Å². The maximum atomic E-state index is 12.9. The second-order valence-corrected chi connectivity index (χ2v) is 8.05. The minimum atomic E-state index is -3.80. The van der Waals surface area contributed by atoms with Gasteiger partial charge in [0.2, 0.25) is 0 Å². The van der Waals surface area contributed by atoms with Crippen molar-refractivity contribution in [2.45, 2.75) is 11.3 Å². The van der Waals surface area contributed by atoms with Gasteiger partial charge in [-0.2, -0.15) is 0 Å². The average Bonchev–Trinajstić information content (AvgIpc) is 2.61. The third-order valence-electron chi connectivity index (χ3n) is 4.19. The molecule has 0 aliphatic carbocycles. The van der Waals surface area contributed by atoms with Crippen LogP contribution in [0.2, 0.25) is 0 Å². The molecule has 0 aliphatic heterocycles. The van der Waals surface area contributed by atoms with Gasteiger partial charge in [0.1, 0.15) is 0 Å².